The Balaban J connectivity index is 2.27. The third-order valence-corrected chi connectivity index (χ3v) is 4.29. The van der Waals surface area contributed by atoms with Crippen molar-refractivity contribution in [2.75, 3.05) is 18.0 Å². The van der Waals surface area contributed by atoms with Crippen LogP contribution < -0.4 is 4.90 Å². The van der Waals surface area contributed by atoms with Crippen LogP contribution in [0.3, 0.4) is 0 Å². The lowest BCUT2D eigenvalue weighted by atomic mass is 9.83. The summed E-state index contributed by atoms with van der Waals surface area (Å²) in [6, 6.07) is 5.08. The molecule has 0 saturated carbocycles. The second kappa shape index (κ2) is 5.71. The quantitative estimate of drug-likeness (QED) is 0.666. The summed E-state index contributed by atoms with van der Waals surface area (Å²) in [5.74, 6) is -0.770. The highest BCUT2D eigenvalue weighted by atomic mass is 16.6. The van der Waals surface area contributed by atoms with Crippen LogP contribution in [-0.4, -0.2) is 29.1 Å². The fraction of sp³-hybridized carbons (Fsp3) is 0.533. The second-order valence-electron chi connectivity index (χ2n) is 5.73. The van der Waals surface area contributed by atoms with Gasteiger partial charge < -0.3 is 10.0 Å². The number of hydrogen-bond acceptors (Lipinski definition) is 4. The Morgan fingerprint density at radius 1 is 1.52 bits per heavy atom. The summed E-state index contributed by atoms with van der Waals surface area (Å²) in [7, 11) is 0. The van der Waals surface area contributed by atoms with Crippen LogP contribution in [0.1, 0.15) is 31.7 Å². The molecule has 0 spiro atoms. The molecule has 1 N–H and O–H groups in total. The summed E-state index contributed by atoms with van der Waals surface area (Å²) in [6.07, 6.45) is 2.03. The number of carbonyl (C=O) groups is 1. The van der Waals surface area contributed by atoms with Crippen molar-refractivity contribution in [3.8, 4) is 0 Å². The van der Waals surface area contributed by atoms with Gasteiger partial charge in [0.2, 0.25) is 0 Å². The van der Waals surface area contributed by atoms with Gasteiger partial charge in [-0.25, -0.2) is 0 Å². The van der Waals surface area contributed by atoms with Gasteiger partial charge in [0, 0.05) is 30.4 Å². The molecule has 1 aromatic carbocycles. The Labute approximate surface area is 123 Å². The molecule has 21 heavy (non-hydrogen) atoms. The maximum absolute atomic E-state index is 11.6. The van der Waals surface area contributed by atoms with Crippen LogP contribution in [0.25, 0.3) is 0 Å². The highest BCUT2D eigenvalue weighted by Crippen LogP contribution is 2.38. The summed E-state index contributed by atoms with van der Waals surface area (Å²) in [6.45, 7) is 4.71. The van der Waals surface area contributed by atoms with Crippen LogP contribution in [0.15, 0.2) is 18.2 Å². The Bertz CT molecular complexity index is 573. The van der Waals surface area contributed by atoms with Crippen LogP contribution >= 0.6 is 0 Å². The summed E-state index contributed by atoms with van der Waals surface area (Å²) in [5, 5.41) is 20.5. The van der Waals surface area contributed by atoms with E-state index in [1.54, 1.807) is 19.1 Å². The van der Waals surface area contributed by atoms with Crippen molar-refractivity contribution in [2.24, 2.45) is 5.41 Å². The Morgan fingerprint density at radius 2 is 2.24 bits per heavy atom. The van der Waals surface area contributed by atoms with E-state index in [-0.39, 0.29) is 5.69 Å². The monoisotopic (exact) mass is 292 g/mol. The molecule has 0 radical (unpaired) electrons. The number of hydrogen-bond donors (Lipinski definition) is 1. The van der Waals surface area contributed by atoms with Crippen LogP contribution in [-0.2, 0) is 4.79 Å². The number of anilines is 1. The third kappa shape index (κ3) is 2.84. The zero-order chi connectivity index (χ0) is 15.6. The number of benzene rings is 1. The van der Waals surface area contributed by atoms with Gasteiger partial charge in [0.25, 0.3) is 5.69 Å². The molecule has 1 aliphatic rings. The van der Waals surface area contributed by atoms with Gasteiger partial charge in [0.05, 0.1) is 10.3 Å². The van der Waals surface area contributed by atoms with Gasteiger partial charge in [0.15, 0.2) is 0 Å². The van der Waals surface area contributed by atoms with Gasteiger partial charge >= 0.3 is 5.97 Å². The topological polar surface area (TPSA) is 83.7 Å². The van der Waals surface area contributed by atoms with Gasteiger partial charge in [0.1, 0.15) is 0 Å². The highest BCUT2D eigenvalue weighted by Gasteiger charge is 2.44. The van der Waals surface area contributed by atoms with Gasteiger partial charge in [-0.2, -0.15) is 0 Å². The molecule has 1 atom stereocenters. The molecule has 0 aliphatic carbocycles. The molecular weight excluding hydrogens is 272 g/mol. The number of nitro benzene ring substituents is 1. The fourth-order valence-corrected chi connectivity index (χ4v) is 3.05. The highest BCUT2D eigenvalue weighted by molar-refractivity contribution is 5.77. The van der Waals surface area contributed by atoms with Crippen molar-refractivity contribution in [1.29, 1.82) is 0 Å². The van der Waals surface area contributed by atoms with Crippen LogP contribution in [0.5, 0.6) is 0 Å². The number of aliphatic carboxylic acids is 1. The largest absolute Gasteiger partial charge is 0.481 e. The lowest BCUT2D eigenvalue weighted by Gasteiger charge is -2.25. The summed E-state index contributed by atoms with van der Waals surface area (Å²) < 4.78 is 0. The molecule has 6 nitrogen and oxygen atoms in total. The van der Waals surface area contributed by atoms with E-state index in [9.17, 15) is 20.0 Å². The molecule has 1 saturated heterocycles. The first kappa shape index (κ1) is 15.3. The maximum atomic E-state index is 11.6. The van der Waals surface area contributed by atoms with E-state index in [4.69, 9.17) is 0 Å². The number of rotatable bonds is 5. The molecule has 1 aliphatic heterocycles. The number of nitro groups is 1. The van der Waals surface area contributed by atoms with E-state index >= 15 is 0 Å². The first-order valence-corrected chi connectivity index (χ1v) is 7.13. The molecule has 1 unspecified atom stereocenters. The van der Waals surface area contributed by atoms with E-state index in [1.807, 2.05) is 17.9 Å². The van der Waals surface area contributed by atoms with Crippen molar-refractivity contribution in [2.45, 2.75) is 33.1 Å². The van der Waals surface area contributed by atoms with Crippen molar-refractivity contribution in [3.63, 3.8) is 0 Å². The number of carboxylic acid groups (broad SMARTS) is 1. The van der Waals surface area contributed by atoms with E-state index in [1.165, 1.54) is 0 Å². The Kier molecular flexibility index (Phi) is 4.16. The minimum absolute atomic E-state index is 0.0795. The van der Waals surface area contributed by atoms with E-state index < -0.39 is 16.3 Å². The zero-order valence-electron chi connectivity index (χ0n) is 12.3. The third-order valence-electron chi connectivity index (χ3n) is 4.29. The standard InChI is InChI=1S/C15H20N2O4/c1-3-6-15(14(18)19)7-8-16(10-15)12-5-4-11(2)13(9-12)17(20)21/h4-5,9H,3,6-8,10H2,1-2H3,(H,18,19). The van der Waals surface area contributed by atoms with Crippen molar-refractivity contribution < 1.29 is 14.8 Å². The molecule has 1 aromatic rings. The lowest BCUT2D eigenvalue weighted by Crippen LogP contribution is -2.34. The van der Waals surface area contributed by atoms with Crippen molar-refractivity contribution in [3.05, 3.63) is 33.9 Å². The van der Waals surface area contributed by atoms with Crippen molar-refractivity contribution >= 4 is 17.3 Å². The van der Waals surface area contributed by atoms with Crippen LogP contribution in [0, 0.1) is 22.5 Å². The van der Waals surface area contributed by atoms with E-state index in [2.05, 4.69) is 0 Å². The molecule has 2 rings (SSSR count). The van der Waals surface area contributed by atoms with Crippen LogP contribution in [0.4, 0.5) is 11.4 Å². The predicted molar refractivity (Wildman–Crippen MR) is 79.6 cm³/mol. The SMILES string of the molecule is CCCC1(C(=O)O)CCN(c2ccc(C)c([N+](=O)[O-])c2)C1. The molecular formula is C15H20N2O4. The first-order chi connectivity index (χ1) is 9.89. The Hall–Kier alpha value is -2.11. The van der Waals surface area contributed by atoms with E-state index in [0.717, 1.165) is 12.1 Å². The minimum Gasteiger partial charge on any atom is -0.481 e. The second-order valence-corrected chi connectivity index (χ2v) is 5.73. The molecule has 0 aromatic heterocycles. The summed E-state index contributed by atoms with van der Waals surface area (Å²) >= 11 is 0. The molecule has 1 fully saturated rings. The lowest BCUT2D eigenvalue weighted by molar-refractivity contribution is -0.385. The number of carboxylic acids is 1. The van der Waals surface area contributed by atoms with Gasteiger partial charge in [-0.1, -0.05) is 19.4 Å². The molecule has 1 heterocycles. The number of nitrogens with zero attached hydrogens (tertiary/aromatic N) is 2. The van der Waals surface area contributed by atoms with Gasteiger partial charge in [-0.05, 0) is 25.8 Å². The van der Waals surface area contributed by atoms with Crippen molar-refractivity contribution in [1.82, 2.24) is 0 Å². The van der Waals surface area contributed by atoms with Crippen LogP contribution in [0.2, 0.25) is 0 Å². The summed E-state index contributed by atoms with van der Waals surface area (Å²) in [5.41, 5.74) is 0.692. The normalized spacial score (nSPS) is 21.5. The average Bonchev–Trinajstić information content (AvgIpc) is 2.85. The van der Waals surface area contributed by atoms with Gasteiger partial charge in [-0.15, -0.1) is 0 Å². The predicted octanol–water partition coefficient (Wildman–Crippen LogP) is 2.98. The smallest absolute Gasteiger partial charge is 0.311 e. The van der Waals surface area contributed by atoms with E-state index in [0.29, 0.717) is 31.5 Å². The molecule has 6 heteroatoms. The molecule has 0 bridgehead atoms. The maximum Gasteiger partial charge on any atom is 0.311 e. The minimum atomic E-state index is -0.770. The molecule has 114 valence electrons. The fourth-order valence-electron chi connectivity index (χ4n) is 3.05. The first-order valence-electron chi connectivity index (χ1n) is 7.13. The Morgan fingerprint density at radius 3 is 2.81 bits per heavy atom. The average molecular weight is 292 g/mol. The number of aryl methyl sites for hydroxylation is 1. The summed E-state index contributed by atoms with van der Waals surface area (Å²) in [4.78, 5) is 24.1. The molecule has 0 amide bonds. The van der Waals surface area contributed by atoms with Gasteiger partial charge in [-0.3, -0.25) is 14.9 Å². The zero-order valence-corrected chi connectivity index (χ0v) is 12.3.